The molecule has 2 aromatic rings. The molecule has 0 saturated carbocycles. The van der Waals surface area contributed by atoms with E-state index in [2.05, 4.69) is 4.72 Å². The Balaban J connectivity index is 1.69. The van der Waals surface area contributed by atoms with Gasteiger partial charge in [0.1, 0.15) is 18.8 Å². The van der Waals surface area contributed by atoms with Crippen LogP contribution < -0.4 is 4.72 Å². The number of nitrogens with one attached hydrogen (secondary N) is 1. The van der Waals surface area contributed by atoms with Crippen LogP contribution in [0.4, 0.5) is 0 Å². The molecule has 1 fully saturated rings. The molecule has 0 spiro atoms. The van der Waals surface area contributed by atoms with E-state index in [9.17, 15) is 27.6 Å². The van der Waals surface area contributed by atoms with Gasteiger partial charge in [-0.05, 0) is 37.5 Å². The fourth-order valence-electron chi connectivity index (χ4n) is 4.55. The molecule has 1 N–H and O–H groups in total. The van der Waals surface area contributed by atoms with Gasteiger partial charge in [0, 0.05) is 20.8 Å². The lowest BCUT2D eigenvalue weighted by molar-refractivity contribution is -0.195. The number of ether oxygens (including phenoxy) is 5. The molecule has 1 aliphatic heterocycles. The summed E-state index contributed by atoms with van der Waals surface area (Å²) in [5.41, 5.74) is 1.63. The molecule has 0 amide bonds. The van der Waals surface area contributed by atoms with Crippen LogP contribution in [-0.2, 0) is 59.5 Å². The Labute approximate surface area is 251 Å². The van der Waals surface area contributed by atoms with Gasteiger partial charge in [0.15, 0.2) is 6.10 Å². The Morgan fingerprint density at radius 2 is 1.44 bits per heavy atom. The van der Waals surface area contributed by atoms with Crippen molar-refractivity contribution in [3.05, 3.63) is 65.7 Å². The third-order valence-electron chi connectivity index (χ3n) is 6.52. The van der Waals surface area contributed by atoms with Gasteiger partial charge in [-0.2, -0.15) is 4.72 Å². The number of carbonyl (C=O) groups is 4. The SMILES string of the molecule is CC(=O)O[C@H]1O[C@H](CCCC[C@H](NS(=O)(=O)c2ccc(C)cc2)C(=O)OCc2ccccc2)[C@@H](OC(C)=O)[C@H]1OC(C)=O. The summed E-state index contributed by atoms with van der Waals surface area (Å²) in [6, 6.07) is 14.0. The molecule has 3 rings (SSSR count). The number of carbonyl (C=O) groups excluding carboxylic acids is 4. The highest BCUT2D eigenvalue weighted by atomic mass is 32.2. The normalized spacial score (nSPS) is 20.6. The molecule has 5 atom stereocenters. The summed E-state index contributed by atoms with van der Waals surface area (Å²) in [6.45, 7) is 5.32. The molecule has 234 valence electrons. The van der Waals surface area contributed by atoms with E-state index >= 15 is 0 Å². The molecule has 0 radical (unpaired) electrons. The van der Waals surface area contributed by atoms with Crippen LogP contribution >= 0.6 is 0 Å². The summed E-state index contributed by atoms with van der Waals surface area (Å²) >= 11 is 0. The highest BCUT2D eigenvalue weighted by Gasteiger charge is 2.50. The molecule has 2 aromatic carbocycles. The summed E-state index contributed by atoms with van der Waals surface area (Å²) in [7, 11) is -4.05. The van der Waals surface area contributed by atoms with Gasteiger partial charge < -0.3 is 23.7 Å². The van der Waals surface area contributed by atoms with Gasteiger partial charge >= 0.3 is 23.9 Å². The number of esters is 4. The zero-order valence-electron chi connectivity index (χ0n) is 24.5. The van der Waals surface area contributed by atoms with Crippen molar-refractivity contribution in [2.75, 3.05) is 0 Å². The summed E-state index contributed by atoms with van der Waals surface area (Å²) in [4.78, 5) is 48.1. The van der Waals surface area contributed by atoms with Gasteiger partial charge in [0.05, 0.1) is 4.90 Å². The minimum Gasteiger partial charge on any atom is -0.460 e. The number of benzene rings is 2. The molecular formula is C30H37NO11S. The second kappa shape index (κ2) is 15.6. The monoisotopic (exact) mass is 619 g/mol. The fraction of sp³-hybridized carbons (Fsp3) is 0.467. The van der Waals surface area contributed by atoms with Crippen LogP contribution in [0.5, 0.6) is 0 Å². The third kappa shape index (κ3) is 10.4. The van der Waals surface area contributed by atoms with Gasteiger partial charge in [-0.1, -0.05) is 60.9 Å². The quantitative estimate of drug-likeness (QED) is 0.188. The molecular weight excluding hydrogens is 582 g/mol. The van der Waals surface area contributed by atoms with Crippen LogP contribution in [0.3, 0.4) is 0 Å². The van der Waals surface area contributed by atoms with Crippen molar-refractivity contribution in [3.8, 4) is 0 Å². The summed E-state index contributed by atoms with van der Waals surface area (Å²) < 4.78 is 55.7. The van der Waals surface area contributed by atoms with E-state index < -0.39 is 64.5 Å². The Morgan fingerprint density at radius 1 is 0.837 bits per heavy atom. The smallest absolute Gasteiger partial charge is 0.324 e. The molecule has 1 heterocycles. The summed E-state index contributed by atoms with van der Waals surface area (Å²) in [5.74, 6) is -2.74. The molecule has 0 aromatic heterocycles. The predicted octanol–water partition coefficient (Wildman–Crippen LogP) is 3.10. The number of rotatable bonds is 14. The van der Waals surface area contributed by atoms with E-state index in [0.29, 0.717) is 12.8 Å². The summed E-state index contributed by atoms with van der Waals surface area (Å²) in [6.07, 6.45) is -3.23. The lowest BCUT2D eigenvalue weighted by Gasteiger charge is -2.23. The molecule has 0 aliphatic carbocycles. The molecule has 1 aliphatic rings. The third-order valence-corrected chi connectivity index (χ3v) is 8.01. The maximum absolute atomic E-state index is 13.1. The number of hydrogen-bond acceptors (Lipinski definition) is 11. The van der Waals surface area contributed by atoms with E-state index in [1.165, 1.54) is 19.1 Å². The first-order chi connectivity index (χ1) is 20.4. The first-order valence-electron chi connectivity index (χ1n) is 13.8. The standard InChI is InChI=1S/C30H37NO11S/c1-19-14-16-24(17-15-19)43(36,37)31-25(29(35)38-18-23-10-6-5-7-11-23)12-8-9-13-26-27(39-20(2)32)28(40-21(3)33)30(42-26)41-22(4)34/h5-7,10-11,14-17,25-28,30-31H,8-9,12-13,18H2,1-4H3/t25-,26+,27+,28+,30-/m0/s1. The van der Waals surface area contributed by atoms with E-state index in [-0.39, 0.29) is 24.3 Å². The van der Waals surface area contributed by atoms with Crippen LogP contribution in [0.15, 0.2) is 59.5 Å². The molecule has 12 nitrogen and oxygen atoms in total. The minimum absolute atomic E-state index is 0.00978. The van der Waals surface area contributed by atoms with Crippen molar-refractivity contribution in [3.63, 3.8) is 0 Å². The van der Waals surface area contributed by atoms with Crippen LogP contribution in [0.2, 0.25) is 0 Å². The first kappa shape index (κ1) is 33.7. The van der Waals surface area contributed by atoms with Crippen molar-refractivity contribution in [2.24, 2.45) is 0 Å². The van der Waals surface area contributed by atoms with Gasteiger partial charge in [-0.3, -0.25) is 19.2 Å². The molecule has 13 heteroatoms. The average molecular weight is 620 g/mol. The van der Waals surface area contributed by atoms with Crippen molar-refractivity contribution >= 4 is 33.9 Å². The second-order valence-electron chi connectivity index (χ2n) is 10.2. The topological polar surface area (TPSA) is 161 Å². The van der Waals surface area contributed by atoms with Crippen LogP contribution in [0.1, 0.15) is 57.6 Å². The first-order valence-corrected chi connectivity index (χ1v) is 15.3. The van der Waals surface area contributed by atoms with Crippen molar-refractivity contribution in [2.45, 2.75) is 95.5 Å². The average Bonchev–Trinajstić information content (AvgIpc) is 3.23. The van der Waals surface area contributed by atoms with Crippen molar-refractivity contribution < 1.29 is 51.3 Å². The van der Waals surface area contributed by atoms with Gasteiger partial charge in [-0.25, -0.2) is 8.42 Å². The number of aryl methyl sites for hydroxylation is 1. The molecule has 1 saturated heterocycles. The van der Waals surface area contributed by atoms with E-state index in [1.807, 2.05) is 13.0 Å². The second-order valence-corrected chi connectivity index (χ2v) is 11.9. The van der Waals surface area contributed by atoms with Crippen molar-refractivity contribution in [1.29, 1.82) is 0 Å². The number of sulfonamides is 1. The number of unbranched alkanes of at least 4 members (excludes halogenated alkanes) is 1. The molecule has 0 unspecified atom stereocenters. The Bertz CT molecular complexity index is 1360. The van der Waals surface area contributed by atoms with Gasteiger partial charge in [0.2, 0.25) is 22.4 Å². The maximum Gasteiger partial charge on any atom is 0.324 e. The van der Waals surface area contributed by atoms with Gasteiger partial charge in [-0.15, -0.1) is 0 Å². The predicted molar refractivity (Wildman–Crippen MR) is 152 cm³/mol. The van der Waals surface area contributed by atoms with E-state index in [1.54, 1.807) is 36.4 Å². The highest BCUT2D eigenvalue weighted by Crippen LogP contribution is 2.31. The van der Waals surface area contributed by atoms with E-state index in [4.69, 9.17) is 23.7 Å². The zero-order chi connectivity index (χ0) is 31.6. The molecule has 43 heavy (non-hydrogen) atoms. The molecule has 0 bridgehead atoms. The fourth-order valence-corrected chi connectivity index (χ4v) is 5.77. The summed E-state index contributed by atoms with van der Waals surface area (Å²) in [5, 5.41) is 0. The van der Waals surface area contributed by atoms with E-state index in [0.717, 1.165) is 25.0 Å². The number of hydrogen-bond donors (Lipinski definition) is 1. The lowest BCUT2D eigenvalue weighted by Crippen LogP contribution is -2.42. The van der Waals surface area contributed by atoms with Crippen LogP contribution in [0, 0.1) is 6.92 Å². The Hall–Kier alpha value is -3.81. The highest BCUT2D eigenvalue weighted by molar-refractivity contribution is 7.89. The lowest BCUT2D eigenvalue weighted by atomic mass is 10.0. The van der Waals surface area contributed by atoms with Crippen LogP contribution in [-0.4, -0.2) is 62.9 Å². The van der Waals surface area contributed by atoms with Gasteiger partial charge in [0.25, 0.3) is 0 Å². The minimum atomic E-state index is -4.05. The van der Waals surface area contributed by atoms with Crippen molar-refractivity contribution in [1.82, 2.24) is 4.72 Å². The largest absolute Gasteiger partial charge is 0.460 e. The Morgan fingerprint density at radius 3 is 2.05 bits per heavy atom. The maximum atomic E-state index is 13.1. The zero-order valence-corrected chi connectivity index (χ0v) is 25.3. The van der Waals surface area contributed by atoms with Crippen LogP contribution in [0.25, 0.3) is 0 Å². The Kier molecular flexibility index (Phi) is 12.2.